The van der Waals surface area contributed by atoms with Crippen molar-refractivity contribution in [2.24, 2.45) is 7.05 Å². The average Bonchev–Trinajstić information content (AvgIpc) is 3.25. The third-order valence-corrected chi connectivity index (χ3v) is 5.29. The first-order chi connectivity index (χ1) is 15.6. The molecule has 9 heteroatoms. The van der Waals surface area contributed by atoms with Crippen LogP contribution in [0.4, 0.5) is 15.9 Å². The summed E-state index contributed by atoms with van der Waals surface area (Å²) >= 11 is 0. The van der Waals surface area contributed by atoms with Crippen molar-refractivity contribution in [1.29, 1.82) is 0 Å². The van der Waals surface area contributed by atoms with E-state index in [2.05, 4.69) is 15.4 Å². The average molecular weight is 429 g/mol. The minimum Gasteiger partial charge on any atom is -0.340 e. The van der Waals surface area contributed by atoms with E-state index in [4.69, 9.17) is 9.97 Å². The fourth-order valence-electron chi connectivity index (χ4n) is 3.71. The predicted molar refractivity (Wildman–Crippen MR) is 117 cm³/mol. The summed E-state index contributed by atoms with van der Waals surface area (Å²) in [5.41, 5.74) is 3.39. The number of nitrogens with zero attached hydrogens (tertiary/aromatic N) is 6. The Kier molecular flexibility index (Phi) is 5.06. The Hall–Kier alpha value is -4.14. The van der Waals surface area contributed by atoms with E-state index in [1.165, 1.54) is 12.1 Å². The fraction of sp³-hybridized carbons (Fsp3) is 0.174. The lowest BCUT2D eigenvalue weighted by Gasteiger charge is -2.29. The number of benzene rings is 1. The van der Waals surface area contributed by atoms with E-state index < -0.39 is 0 Å². The second kappa shape index (κ2) is 8.18. The van der Waals surface area contributed by atoms with Gasteiger partial charge >= 0.3 is 0 Å². The molecule has 0 radical (unpaired) electrons. The Labute approximate surface area is 183 Å². The van der Waals surface area contributed by atoms with Crippen molar-refractivity contribution < 1.29 is 9.18 Å². The molecule has 1 aliphatic rings. The van der Waals surface area contributed by atoms with Gasteiger partial charge in [-0.15, -0.1) is 0 Å². The maximum absolute atomic E-state index is 13.8. The van der Waals surface area contributed by atoms with Gasteiger partial charge < -0.3 is 10.2 Å². The van der Waals surface area contributed by atoms with Crippen LogP contribution in [0.3, 0.4) is 0 Å². The molecule has 1 aliphatic heterocycles. The molecule has 0 saturated carbocycles. The second-order valence-corrected chi connectivity index (χ2v) is 7.55. The van der Waals surface area contributed by atoms with Crippen molar-refractivity contribution in [2.45, 2.75) is 13.0 Å². The van der Waals surface area contributed by atoms with E-state index in [1.54, 1.807) is 53.4 Å². The van der Waals surface area contributed by atoms with Gasteiger partial charge in [-0.05, 0) is 36.4 Å². The highest BCUT2D eigenvalue weighted by atomic mass is 19.1. The smallest absolute Gasteiger partial charge is 0.274 e. The van der Waals surface area contributed by atoms with Gasteiger partial charge in [0, 0.05) is 55.4 Å². The summed E-state index contributed by atoms with van der Waals surface area (Å²) in [7, 11) is 1.77. The summed E-state index contributed by atoms with van der Waals surface area (Å²) in [6.07, 6.45) is 5.70. The molecule has 5 rings (SSSR count). The van der Waals surface area contributed by atoms with E-state index >= 15 is 0 Å². The van der Waals surface area contributed by atoms with Gasteiger partial charge in [-0.1, -0.05) is 6.07 Å². The fourth-order valence-corrected chi connectivity index (χ4v) is 3.71. The van der Waals surface area contributed by atoms with Crippen LogP contribution in [0.1, 0.15) is 21.7 Å². The maximum atomic E-state index is 13.8. The number of pyridine rings is 1. The van der Waals surface area contributed by atoms with Crippen LogP contribution in [0.2, 0.25) is 0 Å². The number of carbonyl (C=O) groups is 1. The number of halogens is 1. The van der Waals surface area contributed by atoms with Crippen LogP contribution < -0.4 is 5.32 Å². The number of aryl methyl sites for hydroxylation is 1. The van der Waals surface area contributed by atoms with E-state index in [0.717, 1.165) is 16.8 Å². The zero-order chi connectivity index (χ0) is 22.1. The van der Waals surface area contributed by atoms with Gasteiger partial charge in [-0.25, -0.2) is 14.4 Å². The Morgan fingerprint density at radius 1 is 1.16 bits per heavy atom. The molecule has 0 atom stereocenters. The van der Waals surface area contributed by atoms with Gasteiger partial charge in [0.05, 0.1) is 12.2 Å². The predicted octanol–water partition coefficient (Wildman–Crippen LogP) is 3.35. The van der Waals surface area contributed by atoms with Gasteiger partial charge in [0.1, 0.15) is 17.3 Å². The minimum atomic E-state index is -0.350. The minimum absolute atomic E-state index is 0.149. The van der Waals surface area contributed by atoms with Gasteiger partial charge in [0.2, 0.25) is 0 Å². The number of nitrogens with one attached hydrogen (secondary N) is 1. The van der Waals surface area contributed by atoms with Crippen molar-refractivity contribution in [3.8, 4) is 11.4 Å². The summed E-state index contributed by atoms with van der Waals surface area (Å²) in [5, 5.41) is 7.44. The van der Waals surface area contributed by atoms with E-state index in [0.29, 0.717) is 42.5 Å². The van der Waals surface area contributed by atoms with Crippen LogP contribution in [0.25, 0.3) is 11.4 Å². The molecule has 160 valence electrons. The lowest BCUT2D eigenvalue weighted by molar-refractivity contribution is 0.0727. The van der Waals surface area contributed by atoms with Crippen LogP contribution in [-0.2, 0) is 20.0 Å². The molecule has 4 aromatic rings. The lowest BCUT2D eigenvalue weighted by Crippen LogP contribution is -2.37. The highest BCUT2D eigenvalue weighted by molar-refractivity contribution is 5.92. The van der Waals surface area contributed by atoms with Gasteiger partial charge in [0.15, 0.2) is 5.82 Å². The first-order valence-corrected chi connectivity index (χ1v) is 10.2. The van der Waals surface area contributed by atoms with Crippen LogP contribution in [0.5, 0.6) is 0 Å². The molecular formula is C23H20FN7O. The summed E-state index contributed by atoms with van der Waals surface area (Å²) in [4.78, 5) is 28.3. The third-order valence-electron chi connectivity index (χ3n) is 5.29. The Morgan fingerprint density at radius 2 is 2.06 bits per heavy atom. The molecule has 0 bridgehead atoms. The molecule has 1 amide bonds. The van der Waals surface area contributed by atoms with E-state index in [-0.39, 0.29) is 11.7 Å². The van der Waals surface area contributed by atoms with E-state index in [9.17, 15) is 9.18 Å². The summed E-state index contributed by atoms with van der Waals surface area (Å²) in [5.74, 6) is 0.569. The van der Waals surface area contributed by atoms with Crippen LogP contribution >= 0.6 is 0 Å². The quantitative estimate of drug-likeness (QED) is 0.535. The van der Waals surface area contributed by atoms with Crippen molar-refractivity contribution in [3.63, 3.8) is 0 Å². The number of hydrogen-bond acceptors (Lipinski definition) is 6. The molecule has 3 aromatic heterocycles. The number of carbonyl (C=O) groups excluding carboxylic acids is 1. The van der Waals surface area contributed by atoms with Gasteiger partial charge in [0.25, 0.3) is 5.91 Å². The molecule has 1 aromatic carbocycles. The molecule has 0 aliphatic carbocycles. The van der Waals surface area contributed by atoms with Crippen molar-refractivity contribution in [2.75, 3.05) is 11.9 Å². The van der Waals surface area contributed by atoms with Crippen LogP contribution in [0.15, 0.2) is 61.1 Å². The Balaban J connectivity index is 1.53. The van der Waals surface area contributed by atoms with Crippen molar-refractivity contribution in [1.82, 2.24) is 29.6 Å². The first-order valence-electron chi connectivity index (χ1n) is 10.2. The zero-order valence-electron chi connectivity index (χ0n) is 17.4. The first kappa shape index (κ1) is 19.8. The van der Waals surface area contributed by atoms with Gasteiger partial charge in [-0.2, -0.15) is 5.10 Å². The summed E-state index contributed by atoms with van der Waals surface area (Å²) < 4.78 is 15.4. The summed E-state index contributed by atoms with van der Waals surface area (Å²) in [6, 6.07) is 11.6. The van der Waals surface area contributed by atoms with Crippen molar-refractivity contribution in [3.05, 3.63) is 83.8 Å². The maximum Gasteiger partial charge on any atom is 0.274 e. The largest absolute Gasteiger partial charge is 0.340 e. The lowest BCUT2D eigenvalue weighted by atomic mass is 10.0. The molecule has 0 spiro atoms. The number of aromatic nitrogens is 5. The number of hydrogen-bond donors (Lipinski definition) is 1. The van der Waals surface area contributed by atoms with Gasteiger partial charge in [-0.3, -0.25) is 14.5 Å². The third kappa shape index (κ3) is 3.92. The number of fused-ring (bicyclic) bond motifs is 1. The normalized spacial score (nSPS) is 13.0. The van der Waals surface area contributed by atoms with Crippen molar-refractivity contribution >= 4 is 17.4 Å². The highest BCUT2D eigenvalue weighted by Crippen LogP contribution is 2.30. The standard InChI is InChI=1S/C23H20FN7O/c1-30-10-7-20(29-30)23(32)31-11-8-19-18(14-31)22(26-17-6-2-5-16(24)12-17)28-21(27-19)15-4-3-9-25-13-15/h2-7,9-10,12-13H,8,11,14H2,1H3,(H,26,27,28). The zero-order valence-corrected chi connectivity index (χ0v) is 17.4. The molecule has 0 fully saturated rings. The Morgan fingerprint density at radius 3 is 2.81 bits per heavy atom. The SMILES string of the molecule is Cn1ccc(C(=O)N2CCc3nc(-c4cccnc4)nc(Nc4cccc(F)c4)c3C2)n1. The molecule has 0 saturated heterocycles. The second-order valence-electron chi connectivity index (χ2n) is 7.55. The molecule has 4 heterocycles. The summed E-state index contributed by atoms with van der Waals surface area (Å²) in [6.45, 7) is 0.848. The van der Waals surface area contributed by atoms with Crippen LogP contribution in [0, 0.1) is 5.82 Å². The molecule has 8 nitrogen and oxygen atoms in total. The highest BCUT2D eigenvalue weighted by Gasteiger charge is 2.27. The van der Waals surface area contributed by atoms with E-state index in [1.807, 2.05) is 12.1 Å². The molecule has 0 unspecified atom stereocenters. The topological polar surface area (TPSA) is 88.8 Å². The Bertz CT molecular complexity index is 1290. The number of amides is 1. The molecule has 32 heavy (non-hydrogen) atoms. The molecular weight excluding hydrogens is 409 g/mol. The van der Waals surface area contributed by atoms with Crippen LogP contribution in [-0.4, -0.2) is 42.1 Å². The molecule has 1 N–H and O–H groups in total. The monoisotopic (exact) mass is 429 g/mol. The number of anilines is 2. The number of rotatable bonds is 4.